The first-order valence-corrected chi connectivity index (χ1v) is 8.32. The van der Waals surface area contributed by atoms with Gasteiger partial charge < -0.3 is 9.80 Å². The second-order valence-electron chi connectivity index (χ2n) is 5.59. The average molecular weight is 368 g/mol. The molecule has 0 fully saturated rings. The van der Waals surface area contributed by atoms with Gasteiger partial charge in [-0.1, -0.05) is 23.2 Å². The Labute approximate surface area is 152 Å². The molecule has 24 heavy (non-hydrogen) atoms. The van der Waals surface area contributed by atoms with Crippen LogP contribution in [0.1, 0.15) is 12.5 Å². The summed E-state index contributed by atoms with van der Waals surface area (Å²) in [6.45, 7) is 4.83. The summed E-state index contributed by atoms with van der Waals surface area (Å²) in [5.41, 5.74) is 2.71. The summed E-state index contributed by atoms with van der Waals surface area (Å²) in [7, 11) is 3.70. The smallest absolute Gasteiger partial charge is 0.148 e. The fourth-order valence-corrected chi connectivity index (χ4v) is 2.64. The number of halogens is 3. The number of benzene rings is 2. The number of aliphatic imine (C=N–C) groups is 1. The van der Waals surface area contributed by atoms with Gasteiger partial charge in [0.05, 0.1) is 28.4 Å². The van der Waals surface area contributed by atoms with E-state index in [0.717, 1.165) is 12.1 Å². The molecule has 3 nitrogen and oxygen atoms in total. The zero-order chi connectivity index (χ0) is 17.9. The molecule has 0 unspecified atom stereocenters. The van der Waals surface area contributed by atoms with Gasteiger partial charge >= 0.3 is 0 Å². The third kappa shape index (κ3) is 4.19. The maximum atomic E-state index is 14.2. The van der Waals surface area contributed by atoms with Crippen LogP contribution in [0.15, 0.2) is 35.3 Å². The highest BCUT2D eigenvalue weighted by Gasteiger charge is 2.16. The van der Waals surface area contributed by atoms with E-state index in [0.29, 0.717) is 27.1 Å². The molecule has 0 amide bonds. The minimum Gasteiger partial charge on any atom is -0.366 e. The molecule has 0 aromatic heterocycles. The minimum absolute atomic E-state index is 0.355. The van der Waals surface area contributed by atoms with E-state index >= 15 is 0 Å². The molecule has 0 aliphatic rings. The van der Waals surface area contributed by atoms with Crippen LogP contribution in [0, 0.1) is 12.7 Å². The highest BCUT2D eigenvalue weighted by atomic mass is 35.5. The first-order chi connectivity index (χ1) is 11.3. The van der Waals surface area contributed by atoms with Gasteiger partial charge in [0.2, 0.25) is 0 Å². The molecule has 0 saturated heterocycles. The van der Waals surface area contributed by atoms with Gasteiger partial charge in [0, 0.05) is 25.7 Å². The molecule has 2 aromatic rings. The monoisotopic (exact) mass is 367 g/mol. The maximum absolute atomic E-state index is 14.2. The van der Waals surface area contributed by atoms with Gasteiger partial charge in [-0.3, -0.25) is 0 Å². The molecular formula is C18H20Cl2FN3. The van der Waals surface area contributed by atoms with Crippen molar-refractivity contribution in [1.82, 2.24) is 4.90 Å². The summed E-state index contributed by atoms with van der Waals surface area (Å²) in [6.07, 6.45) is 1.73. The van der Waals surface area contributed by atoms with Crippen LogP contribution < -0.4 is 4.90 Å². The first-order valence-electron chi connectivity index (χ1n) is 7.56. The molecule has 0 aliphatic heterocycles. The molecule has 0 heterocycles. The van der Waals surface area contributed by atoms with Crippen LogP contribution >= 0.6 is 23.2 Å². The average Bonchev–Trinajstić information content (AvgIpc) is 2.54. The molecule has 0 atom stereocenters. The Morgan fingerprint density at radius 1 is 1.12 bits per heavy atom. The predicted molar refractivity (Wildman–Crippen MR) is 102 cm³/mol. The number of nitrogens with zero attached hydrogens (tertiary/aromatic N) is 3. The minimum atomic E-state index is -0.404. The normalized spacial score (nSPS) is 11.1. The largest absolute Gasteiger partial charge is 0.366 e. The molecule has 0 aliphatic carbocycles. The van der Waals surface area contributed by atoms with Crippen LogP contribution in [-0.2, 0) is 0 Å². The molecule has 0 N–H and O–H groups in total. The zero-order valence-corrected chi connectivity index (χ0v) is 15.7. The SMILES string of the molecule is CCN(C)/C=N\c1cc(C)cc(N(C)c2ccc(Cl)cc2F)c1Cl. The fraction of sp³-hybridized carbons (Fsp3) is 0.278. The van der Waals surface area contributed by atoms with E-state index in [1.165, 1.54) is 6.07 Å². The van der Waals surface area contributed by atoms with Crippen molar-refractivity contribution in [2.75, 3.05) is 25.5 Å². The Morgan fingerprint density at radius 2 is 1.83 bits per heavy atom. The summed E-state index contributed by atoms with van der Waals surface area (Å²) in [5.74, 6) is -0.404. The van der Waals surface area contributed by atoms with Gasteiger partial charge in [-0.05, 0) is 49.7 Å². The summed E-state index contributed by atoms with van der Waals surface area (Å²) >= 11 is 12.3. The van der Waals surface area contributed by atoms with Crippen molar-refractivity contribution in [3.8, 4) is 0 Å². The lowest BCUT2D eigenvalue weighted by Crippen LogP contribution is -2.14. The van der Waals surface area contributed by atoms with Crippen molar-refractivity contribution in [2.45, 2.75) is 13.8 Å². The molecule has 0 saturated carbocycles. The lowest BCUT2D eigenvalue weighted by atomic mass is 10.1. The second kappa shape index (κ2) is 7.86. The quantitative estimate of drug-likeness (QED) is 0.489. The van der Waals surface area contributed by atoms with Gasteiger partial charge in [-0.25, -0.2) is 9.38 Å². The lowest BCUT2D eigenvalue weighted by Gasteiger charge is -2.23. The highest BCUT2D eigenvalue weighted by molar-refractivity contribution is 6.36. The molecule has 0 bridgehead atoms. The van der Waals surface area contributed by atoms with Crippen molar-refractivity contribution in [2.24, 2.45) is 4.99 Å². The summed E-state index contributed by atoms with van der Waals surface area (Å²) in [4.78, 5) is 8.08. The number of aryl methyl sites for hydroxylation is 1. The van der Waals surface area contributed by atoms with Crippen molar-refractivity contribution >= 4 is 46.6 Å². The summed E-state index contributed by atoms with van der Waals surface area (Å²) < 4.78 is 14.2. The van der Waals surface area contributed by atoms with E-state index in [1.54, 1.807) is 30.4 Å². The first kappa shape index (κ1) is 18.6. The summed E-state index contributed by atoms with van der Waals surface area (Å²) in [5, 5.41) is 0.825. The summed E-state index contributed by atoms with van der Waals surface area (Å²) in [6, 6.07) is 8.36. The molecule has 0 spiro atoms. The fourth-order valence-electron chi connectivity index (χ4n) is 2.19. The Kier molecular flexibility index (Phi) is 6.08. The molecule has 2 rings (SSSR count). The topological polar surface area (TPSA) is 18.8 Å². The van der Waals surface area contributed by atoms with Crippen LogP contribution in [0.5, 0.6) is 0 Å². The number of hydrogen-bond acceptors (Lipinski definition) is 2. The molecule has 0 radical (unpaired) electrons. The standard InChI is InChI=1S/C18H20Cl2FN3/c1-5-23(3)11-22-15-8-12(2)9-17(18(15)20)24(4)16-7-6-13(19)10-14(16)21/h6-11H,5H2,1-4H3/b22-11-. The van der Waals surface area contributed by atoms with E-state index < -0.39 is 5.82 Å². The van der Waals surface area contributed by atoms with Gasteiger partial charge in [-0.2, -0.15) is 0 Å². The van der Waals surface area contributed by atoms with E-state index in [9.17, 15) is 4.39 Å². The van der Waals surface area contributed by atoms with Crippen molar-refractivity contribution in [1.29, 1.82) is 0 Å². The van der Waals surface area contributed by atoms with Crippen LogP contribution in [0.4, 0.5) is 21.5 Å². The highest BCUT2D eigenvalue weighted by Crippen LogP contribution is 2.39. The van der Waals surface area contributed by atoms with E-state index in [-0.39, 0.29) is 0 Å². The number of hydrogen-bond donors (Lipinski definition) is 0. The number of rotatable bonds is 5. The molecule has 2 aromatic carbocycles. The Bertz CT molecular complexity index is 762. The third-order valence-corrected chi connectivity index (χ3v) is 4.33. The van der Waals surface area contributed by atoms with Gasteiger partial charge in [0.15, 0.2) is 0 Å². The van der Waals surface area contributed by atoms with Crippen LogP contribution in [0.25, 0.3) is 0 Å². The van der Waals surface area contributed by atoms with E-state index in [1.807, 2.05) is 37.9 Å². The lowest BCUT2D eigenvalue weighted by molar-refractivity contribution is 0.552. The maximum Gasteiger partial charge on any atom is 0.148 e. The van der Waals surface area contributed by atoms with Crippen molar-refractivity contribution in [3.05, 3.63) is 51.8 Å². The Balaban J connectivity index is 2.46. The van der Waals surface area contributed by atoms with Crippen molar-refractivity contribution < 1.29 is 4.39 Å². The van der Waals surface area contributed by atoms with Crippen LogP contribution in [0.3, 0.4) is 0 Å². The van der Waals surface area contributed by atoms with E-state index in [2.05, 4.69) is 4.99 Å². The molecular weight excluding hydrogens is 348 g/mol. The number of anilines is 2. The van der Waals surface area contributed by atoms with Crippen LogP contribution in [-0.4, -0.2) is 31.9 Å². The van der Waals surface area contributed by atoms with E-state index in [4.69, 9.17) is 23.2 Å². The van der Waals surface area contributed by atoms with Gasteiger partial charge in [-0.15, -0.1) is 0 Å². The molecule has 6 heteroatoms. The Morgan fingerprint density at radius 3 is 2.46 bits per heavy atom. The second-order valence-corrected chi connectivity index (χ2v) is 6.40. The van der Waals surface area contributed by atoms with Crippen LogP contribution in [0.2, 0.25) is 10.0 Å². The predicted octanol–water partition coefficient (Wildman–Crippen LogP) is 5.82. The van der Waals surface area contributed by atoms with Crippen molar-refractivity contribution in [3.63, 3.8) is 0 Å². The Hall–Kier alpha value is -1.78. The van der Waals surface area contributed by atoms with Gasteiger partial charge in [0.25, 0.3) is 0 Å². The molecule has 128 valence electrons. The van der Waals surface area contributed by atoms with Gasteiger partial charge in [0.1, 0.15) is 5.82 Å². The zero-order valence-electron chi connectivity index (χ0n) is 14.1. The third-order valence-electron chi connectivity index (χ3n) is 3.70.